The third-order valence-corrected chi connectivity index (χ3v) is 3.90. The molecule has 0 spiro atoms. The van der Waals surface area contributed by atoms with E-state index in [-0.39, 0.29) is 0 Å². The quantitative estimate of drug-likeness (QED) is 0.776. The number of anilines is 2. The lowest BCUT2D eigenvalue weighted by Gasteiger charge is -2.38. The van der Waals surface area contributed by atoms with Gasteiger partial charge >= 0.3 is 0 Å². The minimum Gasteiger partial charge on any atom is -0.399 e. The predicted octanol–water partition coefficient (Wildman–Crippen LogP) is 1.95. The summed E-state index contributed by atoms with van der Waals surface area (Å²) in [6, 6.07) is 4.37. The Morgan fingerprint density at radius 3 is 3.00 bits per heavy atom. The van der Waals surface area contributed by atoms with E-state index in [1.165, 1.54) is 25.8 Å². The summed E-state index contributed by atoms with van der Waals surface area (Å²) in [5, 5.41) is 0.476. The molecule has 1 unspecified atom stereocenters. The summed E-state index contributed by atoms with van der Waals surface area (Å²) in [5.74, 6) is 0.903. The van der Waals surface area contributed by atoms with E-state index in [0.717, 1.165) is 25.1 Å². The van der Waals surface area contributed by atoms with Gasteiger partial charge in [-0.2, -0.15) is 0 Å². The minimum atomic E-state index is 0.476. The number of aromatic nitrogens is 1. The lowest BCUT2D eigenvalue weighted by molar-refractivity contribution is 0.210. The number of fused-ring (bicyclic) bond motifs is 1. The number of nitrogens with two attached hydrogens (primary N) is 1. The van der Waals surface area contributed by atoms with E-state index in [1.807, 2.05) is 6.07 Å². The first-order valence-electron chi connectivity index (χ1n) is 6.14. The Morgan fingerprint density at radius 2 is 2.18 bits per heavy atom. The first-order chi connectivity index (χ1) is 8.22. The summed E-state index contributed by atoms with van der Waals surface area (Å²) in [6.07, 6.45) is 3.89. The van der Waals surface area contributed by atoms with Crippen LogP contribution in [0.5, 0.6) is 0 Å². The van der Waals surface area contributed by atoms with Gasteiger partial charge in [-0.1, -0.05) is 11.6 Å². The number of hydrogen-bond donors (Lipinski definition) is 1. The number of hydrogen-bond acceptors (Lipinski definition) is 4. The van der Waals surface area contributed by atoms with E-state index in [0.29, 0.717) is 10.8 Å². The molecule has 4 nitrogen and oxygen atoms in total. The van der Waals surface area contributed by atoms with E-state index >= 15 is 0 Å². The highest BCUT2D eigenvalue weighted by molar-refractivity contribution is 6.29. The molecule has 0 aromatic carbocycles. The van der Waals surface area contributed by atoms with Crippen molar-refractivity contribution in [3.8, 4) is 0 Å². The summed E-state index contributed by atoms with van der Waals surface area (Å²) < 4.78 is 0. The van der Waals surface area contributed by atoms with E-state index in [9.17, 15) is 0 Å². The number of nitrogen functional groups attached to an aromatic ring is 1. The van der Waals surface area contributed by atoms with Gasteiger partial charge < -0.3 is 10.6 Å². The van der Waals surface area contributed by atoms with Crippen molar-refractivity contribution in [1.29, 1.82) is 0 Å². The second-order valence-corrected chi connectivity index (χ2v) is 5.27. The lowest BCUT2D eigenvalue weighted by atomic mass is 10.1. The third-order valence-electron chi connectivity index (χ3n) is 3.71. The second-order valence-electron chi connectivity index (χ2n) is 4.88. The molecule has 3 rings (SSSR count). The van der Waals surface area contributed by atoms with Crippen LogP contribution < -0.4 is 10.6 Å². The summed E-state index contributed by atoms with van der Waals surface area (Å²) in [6.45, 7) is 3.21. The molecular formula is C12H17ClN4. The van der Waals surface area contributed by atoms with Crippen molar-refractivity contribution in [3.63, 3.8) is 0 Å². The Hall–Kier alpha value is -1.00. The topological polar surface area (TPSA) is 45.4 Å². The Labute approximate surface area is 106 Å². The normalized spacial score (nSPS) is 25.0. The molecule has 2 fully saturated rings. The standard InChI is InChI=1S/C12H17ClN4/c13-11-6-9(14)7-12(15-11)17-5-3-10-2-1-4-16(10)8-17/h6-7,10H,1-5,8H2,(H2,14,15). The SMILES string of the molecule is Nc1cc(Cl)nc(N2CCC3CCCN3C2)c1. The highest BCUT2D eigenvalue weighted by atomic mass is 35.5. The highest BCUT2D eigenvalue weighted by Crippen LogP contribution is 2.28. The summed E-state index contributed by atoms with van der Waals surface area (Å²) in [5.41, 5.74) is 6.49. The molecular weight excluding hydrogens is 236 g/mol. The molecule has 0 aliphatic carbocycles. The largest absolute Gasteiger partial charge is 0.399 e. The fourth-order valence-electron chi connectivity index (χ4n) is 2.85. The zero-order valence-electron chi connectivity index (χ0n) is 9.77. The molecule has 92 valence electrons. The molecule has 0 radical (unpaired) electrons. The van der Waals surface area contributed by atoms with Gasteiger partial charge in [-0.25, -0.2) is 4.98 Å². The second kappa shape index (κ2) is 4.35. The average molecular weight is 253 g/mol. The van der Waals surface area contributed by atoms with E-state index in [4.69, 9.17) is 17.3 Å². The van der Waals surface area contributed by atoms with Crippen molar-refractivity contribution in [2.45, 2.75) is 25.3 Å². The Balaban J connectivity index is 1.80. The third kappa shape index (κ3) is 2.19. The molecule has 5 heteroatoms. The molecule has 2 N–H and O–H groups in total. The van der Waals surface area contributed by atoms with Crippen LogP contribution >= 0.6 is 11.6 Å². The van der Waals surface area contributed by atoms with Gasteiger partial charge in [-0.3, -0.25) is 4.90 Å². The molecule has 0 bridgehead atoms. The van der Waals surface area contributed by atoms with E-state index < -0.39 is 0 Å². The van der Waals surface area contributed by atoms with Gasteiger partial charge in [0.1, 0.15) is 11.0 Å². The van der Waals surface area contributed by atoms with Crippen molar-refractivity contribution in [3.05, 3.63) is 17.3 Å². The van der Waals surface area contributed by atoms with Gasteiger partial charge in [0.2, 0.25) is 0 Å². The average Bonchev–Trinajstić information content (AvgIpc) is 2.74. The van der Waals surface area contributed by atoms with Crippen LogP contribution in [0.4, 0.5) is 11.5 Å². The zero-order chi connectivity index (χ0) is 11.8. The molecule has 0 saturated carbocycles. The molecule has 2 aliphatic heterocycles. The van der Waals surface area contributed by atoms with Crippen molar-refractivity contribution in [2.24, 2.45) is 0 Å². The van der Waals surface area contributed by atoms with Crippen LogP contribution in [-0.2, 0) is 0 Å². The molecule has 1 aromatic rings. The van der Waals surface area contributed by atoms with Crippen molar-refractivity contribution in [2.75, 3.05) is 30.4 Å². The van der Waals surface area contributed by atoms with Gasteiger partial charge in [0.15, 0.2) is 0 Å². The molecule has 1 atom stereocenters. The summed E-state index contributed by atoms with van der Waals surface area (Å²) >= 11 is 5.95. The molecule has 17 heavy (non-hydrogen) atoms. The van der Waals surface area contributed by atoms with Gasteiger partial charge in [-0.15, -0.1) is 0 Å². The smallest absolute Gasteiger partial charge is 0.133 e. The minimum absolute atomic E-state index is 0.476. The fourth-order valence-corrected chi connectivity index (χ4v) is 3.07. The van der Waals surface area contributed by atoms with Gasteiger partial charge in [0.05, 0.1) is 6.67 Å². The zero-order valence-corrected chi connectivity index (χ0v) is 10.5. The Morgan fingerprint density at radius 1 is 1.29 bits per heavy atom. The van der Waals surface area contributed by atoms with Crippen LogP contribution in [0, 0.1) is 0 Å². The number of rotatable bonds is 1. The van der Waals surface area contributed by atoms with Crippen molar-refractivity contribution in [1.82, 2.24) is 9.88 Å². The van der Waals surface area contributed by atoms with Crippen molar-refractivity contribution < 1.29 is 0 Å². The van der Waals surface area contributed by atoms with Gasteiger partial charge in [0.25, 0.3) is 0 Å². The van der Waals surface area contributed by atoms with Crippen LogP contribution in [0.3, 0.4) is 0 Å². The first kappa shape index (κ1) is 11.1. The molecule has 2 aliphatic rings. The van der Waals surface area contributed by atoms with Crippen LogP contribution in [0.15, 0.2) is 12.1 Å². The fraction of sp³-hybridized carbons (Fsp3) is 0.583. The maximum atomic E-state index is 5.95. The first-order valence-corrected chi connectivity index (χ1v) is 6.52. The van der Waals surface area contributed by atoms with Gasteiger partial charge in [0, 0.05) is 30.9 Å². The maximum absolute atomic E-state index is 5.95. The molecule has 1 aromatic heterocycles. The van der Waals surface area contributed by atoms with Crippen LogP contribution in [-0.4, -0.2) is 35.7 Å². The molecule has 2 saturated heterocycles. The number of nitrogens with zero attached hydrogens (tertiary/aromatic N) is 3. The van der Waals surface area contributed by atoms with Crippen molar-refractivity contribution >= 4 is 23.1 Å². The summed E-state index contributed by atoms with van der Waals surface area (Å²) in [7, 11) is 0. The number of halogens is 1. The highest BCUT2D eigenvalue weighted by Gasteiger charge is 2.30. The van der Waals surface area contributed by atoms with Crippen LogP contribution in [0.2, 0.25) is 5.15 Å². The predicted molar refractivity (Wildman–Crippen MR) is 70.2 cm³/mol. The van der Waals surface area contributed by atoms with E-state index in [2.05, 4.69) is 14.8 Å². The maximum Gasteiger partial charge on any atom is 0.133 e. The van der Waals surface area contributed by atoms with Crippen LogP contribution in [0.1, 0.15) is 19.3 Å². The Bertz CT molecular complexity index is 403. The van der Waals surface area contributed by atoms with Gasteiger partial charge in [-0.05, 0) is 25.3 Å². The number of pyridine rings is 1. The van der Waals surface area contributed by atoms with Crippen LogP contribution in [0.25, 0.3) is 0 Å². The molecule has 0 amide bonds. The monoisotopic (exact) mass is 252 g/mol. The Kier molecular flexibility index (Phi) is 2.84. The molecule has 3 heterocycles. The lowest BCUT2D eigenvalue weighted by Crippen LogP contribution is -2.47. The van der Waals surface area contributed by atoms with E-state index in [1.54, 1.807) is 6.07 Å². The summed E-state index contributed by atoms with van der Waals surface area (Å²) in [4.78, 5) is 9.15.